The van der Waals surface area contributed by atoms with E-state index in [1.54, 1.807) is 13.1 Å². The Morgan fingerprint density at radius 3 is 2.50 bits per heavy atom. The van der Waals surface area contributed by atoms with Crippen LogP contribution in [-0.2, 0) is 14.3 Å². The number of amides is 1. The number of ether oxygens (including phenoxy) is 2. The van der Waals surface area contributed by atoms with Crippen molar-refractivity contribution < 1.29 is 14.3 Å². The highest BCUT2D eigenvalue weighted by atomic mass is 16.5. The lowest BCUT2D eigenvalue weighted by atomic mass is 9.62. The van der Waals surface area contributed by atoms with E-state index in [0.29, 0.717) is 17.5 Å². The van der Waals surface area contributed by atoms with E-state index < -0.39 is 5.91 Å². The maximum absolute atomic E-state index is 11.2. The smallest absolute Gasteiger partial charge is 0.262 e. The van der Waals surface area contributed by atoms with Crippen LogP contribution in [0.2, 0.25) is 0 Å². The molecular formula is C22H35N3O3. The van der Waals surface area contributed by atoms with E-state index in [4.69, 9.17) is 15.2 Å². The molecule has 2 heterocycles. The molecule has 2 aliphatic heterocycles. The summed E-state index contributed by atoms with van der Waals surface area (Å²) in [5.74, 6) is 1.11. The Labute approximate surface area is 168 Å². The van der Waals surface area contributed by atoms with Crippen molar-refractivity contribution in [1.82, 2.24) is 4.90 Å². The molecule has 1 saturated carbocycles. The van der Waals surface area contributed by atoms with Crippen LogP contribution in [0.5, 0.6) is 0 Å². The molecule has 1 aliphatic carbocycles. The van der Waals surface area contributed by atoms with Crippen LogP contribution in [0.1, 0.15) is 39.0 Å². The summed E-state index contributed by atoms with van der Waals surface area (Å²) in [5, 5.41) is 0. The minimum Gasteiger partial charge on any atom is -0.381 e. The van der Waals surface area contributed by atoms with Gasteiger partial charge in [0.1, 0.15) is 11.3 Å². The van der Waals surface area contributed by atoms with Crippen LogP contribution >= 0.6 is 0 Å². The fraction of sp³-hybridized carbons (Fsp3) is 0.727. The Morgan fingerprint density at radius 1 is 1.29 bits per heavy atom. The number of carbonyl (C=O) groups is 1. The highest BCUT2D eigenvalue weighted by molar-refractivity contribution is 6.37. The number of fused-ring (bicyclic) bond motifs is 2. The number of aliphatic imine (C=N–C) groups is 1. The predicted octanol–water partition coefficient (Wildman–Crippen LogP) is 2.55. The van der Waals surface area contributed by atoms with Crippen LogP contribution in [0.4, 0.5) is 0 Å². The summed E-state index contributed by atoms with van der Waals surface area (Å²) in [7, 11) is 1.82. The molecule has 28 heavy (non-hydrogen) atoms. The summed E-state index contributed by atoms with van der Waals surface area (Å²) in [6.07, 6.45) is 9.45. The molecule has 2 saturated heterocycles. The summed E-state index contributed by atoms with van der Waals surface area (Å²) in [5.41, 5.74) is 6.16. The second-order valence-electron chi connectivity index (χ2n) is 8.52. The van der Waals surface area contributed by atoms with E-state index in [0.717, 1.165) is 50.6 Å². The number of primary amides is 1. The monoisotopic (exact) mass is 389 g/mol. The minimum absolute atomic E-state index is 0.294. The zero-order valence-corrected chi connectivity index (χ0v) is 17.4. The average molecular weight is 390 g/mol. The number of rotatable bonds is 7. The average Bonchev–Trinajstić information content (AvgIpc) is 2.67. The predicted molar refractivity (Wildman–Crippen MR) is 111 cm³/mol. The van der Waals surface area contributed by atoms with Crippen LogP contribution in [-0.4, -0.2) is 62.1 Å². The Kier molecular flexibility index (Phi) is 7.07. The first kappa shape index (κ1) is 21.2. The van der Waals surface area contributed by atoms with Crippen molar-refractivity contribution in [1.29, 1.82) is 0 Å². The van der Waals surface area contributed by atoms with E-state index in [1.807, 2.05) is 13.2 Å². The largest absolute Gasteiger partial charge is 0.381 e. The number of methoxy groups -OCH3 is 1. The molecule has 1 amide bonds. The minimum atomic E-state index is -0.505. The van der Waals surface area contributed by atoms with Gasteiger partial charge in [-0.2, -0.15) is 0 Å². The molecule has 2 unspecified atom stereocenters. The molecule has 0 aromatic heterocycles. The van der Waals surface area contributed by atoms with Crippen molar-refractivity contribution in [2.75, 3.05) is 40.0 Å². The number of nitrogens with zero attached hydrogens (tertiary/aromatic N) is 2. The van der Waals surface area contributed by atoms with Crippen LogP contribution in [0, 0.1) is 17.8 Å². The summed E-state index contributed by atoms with van der Waals surface area (Å²) in [6.45, 7) is 11.1. The molecule has 3 fully saturated rings. The Hall–Kier alpha value is -1.50. The summed E-state index contributed by atoms with van der Waals surface area (Å²) < 4.78 is 11.7. The third-order valence-electron chi connectivity index (χ3n) is 6.87. The number of carbonyl (C=O) groups excluding carboxylic acids is 1. The number of hydrogen-bond donors (Lipinski definition) is 1. The van der Waals surface area contributed by atoms with Gasteiger partial charge in [0.05, 0.1) is 0 Å². The van der Waals surface area contributed by atoms with Gasteiger partial charge in [0.25, 0.3) is 5.91 Å². The highest BCUT2D eigenvalue weighted by Gasteiger charge is 2.53. The van der Waals surface area contributed by atoms with Gasteiger partial charge >= 0.3 is 0 Å². The van der Waals surface area contributed by atoms with Gasteiger partial charge in [0.2, 0.25) is 0 Å². The molecule has 3 aliphatic rings. The Morgan fingerprint density at radius 2 is 1.93 bits per heavy atom. The van der Waals surface area contributed by atoms with Crippen molar-refractivity contribution in [3.8, 4) is 0 Å². The van der Waals surface area contributed by atoms with Gasteiger partial charge in [-0.1, -0.05) is 13.0 Å². The first-order valence-electron chi connectivity index (χ1n) is 10.5. The van der Waals surface area contributed by atoms with Crippen LogP contribution in [0.3, 0.4) is 0 Å². The molecule has 0 aromatic carbocycles. The molecule has 2 atom stereocenters. The molecule has 0 radical (unpaired) electrons. The fourth-order valence-electron chi connectivity index (χ4n) is 5.39. The van der Waals surface area contributed by atoms with Crippen LogP contribution in [0.25, 0.3) is 0 Å². The topological polar surface area (TPSA) is 77.1 Å². The number of hydrogen-bond acceptors (Lipinski definition) is 5. The number of likely N-dealkylation sites (tertiary alicyclic amines) is 1. The third kappa shape index (κ3) is 4.39. The lowest BCUT2D eigenvalue weighted by molar-refractivity contribution is -0.137. The zero-order chi connectivity index (χ0) is 20.1. The molecule has 0 aromatic rings. The maximum atomic E-state index is 11.2. The van der Waals surface area contributed by atoms with Gasteiger partial charge in [-0.15, -0.1) is 0 Å². The van der Waals surface area contributed by atoms with E-state index in [9.17, 15) is 4.79 Å². The van der Waals surface area contributed by atoms with E-state index in [2.05, 4.69) is 16.5 Å². The second kappa shape index (κ2) is 9.33. The van der Waals surface area contributed by atoms with Crippen LogP contribution in [0.15, 0.2) is 29.4 Å². The normalized spacial score (nSPS) is 32.6. The molecule has 6 nitrogen and oxygen atoms in total. The second-order valence-corrected chi connectivity index (χ2v) is 8.52. The molecule has 156 valence electrons. The van der Waals surface area contributed by atoms with Crippen LogP contribution < -0.4 is 5.73 Å². The first-order valence-corrected chi connectivity index (χ1v) is 10.5. The third-order valence-corrected chi connectivity index (χ3v) is 6.87. The van der Waals surface area contributed by atoms with E-state index in [1.165, 1.54) is 25.8 Å². The Balaban J connectivity index is 1.72. The molecular weight excluding hydrogens is 354 g/mol. The van der Waals surface area contributed by atoms with Crippen molar-refractivity contribution in [3.05, 3.63) is 24.4 Å². The highest BCUT2D eigenvalue weighted by Crippen LogP contribution is 2.49. The summed E-state index contributed by atoms with van der Waals surface area (Å²) in [4.78, 5) is 17.9. The molecule has 3 rings (SSSR count). The molecule has 6 heteroatoms. The quantitative estimate of drug-likeness (QED) is 0.536. The SMILES string of the molecule is C=C(/C=C\N=C(/C)C(N)=O)C1(OC)C2CCCC1CN(CC1CCOCC1)C2. The summed E-state index contributed by atoms with van der Waals surface area (Å²) >= 11 is 0. The maximum Gasteiger partial charge on any atom is 0.262 e. The van der Waals surface area contributed by atoms with Crippen molar-refractivity contribution in [2.45, 2.75) is 44.6 Å². The van der Waals surface area contributed by atoms with Gasteiger partial charge in [0, 0.05) is 58.0 Å². The standard InChI is InChI=1S/C22H35N3O3/c1-16(7-10-24-17(2)21(23)26)22(27-3)19-5-4-6-20(22)15-25(14-19)13-18-8-11-28-12-9-18/h7,10,18-20H,1,4-6,8-9,11-15H2,2-3H3,(H2,23,26)/b10-7-,24-17+. The van der Waals surface area contributed by atoms with Crippen molar-refractivity contribution in [3.63, 3.8) is 0 Å². The first-order chi connectivity index (χ1) is 13.5. The van der Waals surface area contributed by atoms with Gasteiger partial charge in [-0.25, -0.2) is 0 Å². The number of nitrogens with two attached hydrogens (primary N) is 1. The van der Waals surface area contributed by atoms with Crippen molar-refractivity contribution >= 4 is 11.6 Å². The fourth-order valence-corrected chi connectivity index (χ4v) is 5.39. The molecule has 2 bridgehead atoms. The summed E-state index contributed by atoms with van der Waals surface area (Å²) in [6, 6.07) is 0. The van der Waals surface area contributed by atoms with E-state index in [-0.39, 0.29) is 5.60 Å². The van der Waals surface area contributed by atoms with Gasteiger partial charge in [-0.3, -0.25) is 9.79 Å². The Bertz CT molecular complexity index is 623. The number of piperidine rings is 1. The lowest BCUT2D eigenvalue weighted by Crippen LogP contribution is -2.62. The van der Waals surface area contributed by atoms with Gasteiger partial charge in [0.15, 0.2) is 0 Å². The van der Waals surface area contributed by atoms with Crippen molar-refractivity contribution in [2.24, 2.45) is 28.5 Å². The molecule has 0 spiro atoms. The zero-order valence-electron chi connectivity index (χ0n) is 17.4. The van der Waals surface area contributed by atoms with Gasteiger partial charge in [-0.05, 0) is 50.2 Å². The lowest BCUT2D eigenvalue weighted by Gasteiger charge is -2.56. The van der Waals surface area contributed by atoms with E-state index >= 15 is 0 Å². The van der Waals surface area contributed by atoms with Gasteiger partial charge < -0.3 is 20.1 Å². The molecule has 2 N–H and O–H groups in total.